The number of hydrogen-bond donors (Lipinski definition) is 1. The summed E-state index contributed by atoms with van der Waals surface area (Å²) in [7, 11) is 7.83. The summed E-state index contributed by atoms with van der Waals surface area (Å²) < 4.78 is 5.33. The smallest absolute Gasteiger partial charge is 0.193 e. The summed E-state index contributed by atoms with van der Waals surface area (Å²) in [5, 5.41) is 6.59. The minimum atomic E-state index is 0. The third kappa shape index (κ3) is 6.94. The van der Waals surface area contributed by atoms with Crippen LogP contribution in [0.25, 0.3) is 0 Å². The molecule has 1 heterocycles. The number of aliphatic imine (C=N–C) groups is 1. The fourth-order valence-electron chi connectivity index (χ4n) is 3.26. The van der Waals surface area contributed by atoms with Gasteiger partial charge in [0.2, 0.25) is 0 Å². The highest BCUT2D eigenvalue weighted by Gasteiger charge is 2.19. The number of nitrogens with zero attached hydrogens (tertiary/aromatic N) is 4. The van der Waals surface area contributed by atoms with Crippen LogP contribution in [0.2, 0.25) is 0 Å². The van der Waals surface area contributed by atoms with E-state index < -0.39 is 0 Å². The highest BCUT2D eigenvalue weighted by atomic mass is 127. The van der Waals surface area contributed by atoms with Gasteiger partial charge in [0.25, 0.3) is 0 Å². The molecule has 1 unspecified atom stereocenters. The summed E-state index contributed by atoms with van der Waals surface area (Å²) >= 11 is 1.65. The summed E-state index contributed by atoms with van der Waals surface area (Å²) in [6.45, 7) is 4.72. The zero-order valence-corrected chi connectivity index (χ0v) is 19.8. The first kappa shape index (κ1) is 23.6. The molecule has 6 nitrogen and oxygen atoms in total. The zero-order chi connectivity index (χ0) is 18.2. The van der Waals surface area contributed by atoms with Crippen molar-refractivity contribution in [1.29, 1.82) is 0 Å². The topological polar surface area (TPSA) is 53.0 Å². The number of likely N-dealkylation sites (N-methyl/N-ethyl adjacent to an activating group) is 1. The van der Waals surface area contributed by atoms with Gasteiger partial charge in [-0.15, -0.1) is 35.3 Å². The molecule has 1 aliphatic carbocycles. The first-order chi connectivity index (χ1) is 12.0. The third-order valence-electron chi connectivity index (χ3n) is 4.94. The highest BCUT2D eigenvalue weighted by Crippen LogP contribution is 2.22. The summed E-state index contributed by atoms with van der Waals surface area (Å²) in [5.74, 6) is 0.911. The molecule has 1 aromatic rings. The quantitative estimate of drug-likeness (QED) is 0.341. The molecule has 0 bridgehead atoms. The fraction of sp³-hybridized carbons (Fsp3) is 0.778. The van der Waals surface area contributed by atoms with Gasteiger partial charge >= 0.3 is 0 Å². The Morgan fingerprint density at radius 1 is 1.42 bits per heavy atom. The van der Waals surface area contributed by atoms with Crippen molar-refractivity contribution in [2.75, 3.05) is 41.3 Å². The number of guanidine groups is 1. The molecule has 0 spiro atoms. The molecule has 1 aliphatic rings. The van der Waals surface area contributed by atoms with E-state index in [0.29, 0.717) is 0 Å². The predicted octanol–water partition coefficient (Wildman–Crippen LogP) is 3.35. The third-order valence-corrected chi connectivity index (χ3v) is 5.99. The van der Waals surface area contributed by atoms with Crippen LogP contribution in [0.4, 0.5) is 0 Å². The molecule has 0 radical (unpaired) electrons. The SMILES string of the molecule is CN=C(NCCN(C)C1CCCC1)N(C)Cc1csc(C(C)OC)n1.I. The van der Waals surface area contributed by atoms with Crippen LogP contribution in [0.5, 0.6) is 0 Å². The molecule has 150 valence electrons. The molecule has 1 N–H and O–H groups in total. The number of hydrogen-bond acceptors (Lipinski definition) is 5. The van der Waals surface area contributed by atoms with Crippen molar-refractivity contribution in [1.82, 2.24) is 20.1 Å². The highest BCUT2D eigenvalue weighted by molar-refractivity contribution is 14.0. The molecule has 26 heavy (non-hydrogen) atoms. The number of ether oxygens (including phenoxy) is 1. The van der Waals surface area contributed by atoms with Crippen molar-refractivity contribution >= 4 is 41.3 Å². The Balaban J connectivity index is 0.00000338. The zero-order valence-electron chi connectivity index (χ0n) is 16.7. The average molecular weight is 495 g/mol. The van der Waals surface area contributed by atoms with Crippen LogP contribution in [0.1, 0.15) is 49.4 Å². The molecule has 0 aromatic carbocycles. The Kier molecular flexibility index (Phi) is 11.0. The standard InChI is InChI=1S/C18H33N5OS.HI/c1-14(24-5)17-21-15(13-25-17)12-23(4)18(19-2)20-10-11-22(3)16-8-6-7-9-16;/h13-14,16H,6-12H2,1-5H3,(H,19,20);1H. The molecule has 1 fully saturated rings. The van der Waals surface area contributed by atoms with Crippen LogP contribution in [0, 0.1) is 0 Å². The number of rotatable bonds is 8. The monoisotopic (exact) mass is 495 g/mol. The van der Waals surface area contributed by atoms with Gasteiger partial charge in [0.05, 0.1) is 12.2 Å². The fourth-order valence-corrected chi connectivity index (χ4v) is 4.10. The minimum Gasteiger partial charge on any atom is -0.375 e. The number of halogens is 1. The van der Waals surface area contributed by atoms with Gasteiger partial charge in [0, 0.05) is 45.7 Å². The van der Waals surface area contributed by atoms with E-state index in [1.807, 2.05) is 14.0 Å². The Morgan fingerprint density at radius 2 is 2.12 bits per heavy atom. The van der Waals surface area contributed by atoms with Gasteiger partial charge in [0.15, 0.2) is 5.96 Å². The predicted molar refractivity (Wildman–Crippen MR) is 121 cm³/mol. The lowest BCUT2D eigenvalue weighted by Gasteiger charge is -2.26. The van der Waals surface area contributed by atoms with E-state index in [1.54, 1.807) is 18.4 Å². The largest absolute Gasteiger partial charge is 0.375 e. The van der Waals surface area contributed by atoms with Gasteiger partial charge in [-0.3, -0.25) is 4.99 Å². The average Bonchev–Trinajstić information content (AvgIpc) is 3.29. The molecular weight excluding hydrogens is 461 g/mol. The molecule has 1 atom stereocenters. The maximum Gasteiger partial charge on any atom is 0.193 e. The van der Waals surface area contributed by atoms with Crippen LogP contribution in [0.3, 0.4) is 0 Å². The molecule has 8 heteroatoms. The lowest BCUT2D eigenvalue weighted by Crippen LogP contribution is -2.43. The van der Waals surface area contributed by atoms with Crippen molar-refractivity contribution in [3.63, 3.8) is 0 Å². The second-order valence-corrected chi connectivity index (χ2v) is 7.69. The van der Waals surface area contributed by atoms with Crippen molar-refractivity contribution < 1.29 is 4.74 Å². The molecule has 1 saturated carbocycles. The molecule has 0 aliphatic heterocycles. The normalized spacial score (nSPS) is 16.6. The van der Waals surface area contributed by atoms with E-state index in [1.165, 1.54) is 25.7 Å². The lowest BCUT2D eigenvalue weighted by atomic mass is 10.2. The first-order valence-corrected chi connectivity index (χ1v) is 10.0. The summed E-state index contributed by atoms with van der Waals surface area (Å²) in [4.78, 5) is 13.7. The Labute approximate surface area is 179 Å². The molecule has 2 rings (SSSR count). The summed E-state index contributed by atoms with van der Waals surface area (Å²) in [6, 6.07) is 0.762. The minimum absolute atomic E-state index is 0. The number of methoxy groups -OCH3 is 1. The molecular formula is C18H34IN5OS. The molecule has 1 aromatic heterocycles. The van der Waals surface area contributed by atoms with Gasteiger partial charge in [0.1, 0.15) is 11.1 Å². The van der Waals surface area contributed by atoms with Crippen molar-refractivity contribution in [3.8, 4) is 0 Å². The number of nitrogens with one attached hydrogen (secondary N) is 1. The van der Waals surface area contributed by atoms with Crippen LogP contribution >= 0.6 is 35.3 Å². The van der Waals surface area contributed by atoms with E-state index in [0.717, 1.165) is 42.3 Å². The Bertz CT molecular complexity index is 547. The summed E-state index contributed by atoms with van der Waals surface area (Å²) in [5.41, 5.74) is 1.05. The van der Waals surface area contributed by atoms with Gasteiger partial charge in [-0.05, 0) is 26.8 Å². The van der Waals surface area contributed by atoms with Crippen LogP contribution in [-0.4, -0.2) is 68.1 Å². The number of thiazole rings is 1. The molecule has 0 amide bonds. The lowest BCUT2D eigenvalue weighted by molar-refractivity contribution is 0.119. The van der Waals surface area contributed by atoms with Crippen LogP contribution < -0.4 is 5.32 Å². The van der Waals surface area contributed by atoms with E-state index in [4.69, 9.17) is 4.74 Å². The summed E-state index contributed by atoms with van der Waals surface area (Å²) in [6.07, 6.45) is 5.50. The maximum absolute atomic E-state index is 5.33. The Hall–Kier alpha value is -0.450. The van der Waals surface area contributed by atoms with Gasteiger partial charge < -0.3 is 19.9 Å². The van der Waals surface area contributed by atoms with E-state index >= 15 is 0 Å². The van der Waals surface area contributed by atoms with E-state index in [9.17, 15) is 0 Å². The Morgan fingerprint density at radius 3 is 2.73 bits per heavy atom. The van der Waals surface area contributed by atoms with Crippen molar-refractivity contribution in [3.05, 3.63) is 16.1 Å². The van der Waals surface area contributed by atoms with Gasteiger partial charge in [-0.25, -0.2) is 4.98 Å². The van der Waals surface area contributed by atoms with E-state index in [-0.39, 0.29) is 30.1 Å². The second kappa shape index (κ2) is 12.1. The number of aromatic nitrogens is 1. The van der Waals surface area contributed by atoms with Crippen LogP contribution in [0.15, 0.2) is 10.4 Å². The first-order valence-electron chi connectivity index (χ1n) is 9.14. The maximum atomic E-state index is 5.33. The van der Waals surface area contributed by atoms with Crippen LogP contribution in [-0.2, 0) is 11.3 Å². The van der Waals surface area contributed by atoms with Crippen molar-refractivity contribution in [2.24, 2.45) is 4.99 Å². The molecule has 0 saturated heterocycles. The van der Waals surface area contributed by atoms with Crippen molar-refractivity contribution in [2.45, 2.75) is 51.3 Å². The second-order valence-electron chi connectivity index (χ2n) is 6.80. The van der Waals surface area contributed by atoms with Gasteiger partial charge in [-0.1, -0.05) is 12.8 Å². The van der Waals surface area contributed by atoms with Gasteiger partial charge in [-0.2, -0.15) is 0 Å². The van der Waals surface area contributed by atoms with E-state index in [2.05, 4.69) is 44.6 Å².